The molecule has 0 bridgehead atoms. The van der Waals surface area contributed by atoms with Crippen LogP contribution in [0.2, 0.25) is 0 Å². The van der Waals surface area contributed by atoms with Crippen molar-refractivity contribution in [1.29, 1.82) is 0 Å². The molecule has 2 aromatic carbocycles. The molecule has 0 aliphatic heterocycles. The minimum absolute atomic E-state index is 0.257. The molecule has 0 amide bonds. The summed E-state index contributed by atoms with van der Waals surface area (Å²) < 4.78 is 12.0. The zero-order chi connectivity index (χ0) is 16.2. The van der Waals surface area contributed by atoms with Crippen molar-refractivity contribution in [1.82, 2.24) is 4.98 Å². The first-order chi connectivity index (χ1) is 11.2. The molecule has 0 saturated heterocycles. The van der Waals surface area contributed by atoms with Gasteiger partial charge in [0.05, 0.1) is 30.0 Å². The number of fused-ring (bicyclic) bond motifs is 1. The van der Waals surface area contributed by atoms with Crippen LogP contribution in [0.3, 0.4) is 0 Å². The van der Waals surface area contributed by atoms with Gasteiger partial charge in [-0.15, -0.1) is 11.3 Å². The lowest BCUT2D eigenvalue weighted by Crippen LogP contribution is -2.83. The summed E-state index contributed by atoms with van der Waals surface area (Å²) in [6, 6.07) is 14.4. The van der Waals surface area contributed by atoms with Crippen LogP contribution < -0.4 is 14.8 Å². The summed E-state index contributed by atoms with van der Waals surface area (Å²) >= 11 is 1.75. The van der Waals surface area contributed by atoms with Crippen molar-refractivity contribution in [2.75, 3.05) is 14.2 Å². The molecule has 0 fully saturated rings. The number of aromatic nitrogens is 1. The lowest BCUT2D eigenvalue weighted by molar-refractivity contribution is -0.707. The Labute approximate surface area is 140 Å². The van der Waals surface area contributed by atoms with Crippen LogP contribution in [0.4, 0.5) is 0 Å². The molecule has 3 rings (SSSR count). The average molecular weight is 329 g/mol. The predicted molar refractivity (Wildman–Crippen MR) is 93.2 cm³/mol. The average Bonchev–Trinajstić information content (AvgIpc) is 3.02. The van der Waals surface area contributed by atoms with Gasteiger partial charge in [-0.25, -0.2) is 4.98 Å². The first-order valence-corrected chi connectivity index (χ1v) is 8.42. The molecular weight excluding hydrogens is 308 g/mol. The molecule has 1 heterocycles. The van der Waals surface area contributed by atoms with Gasteiger partial charge >= 0.3 is 0 Å². The number of quaternary nitrogens is 1. The molecule has 0 unspecified atom stereocenters. The number of hydrogen-bond donors (Lipinski definition) is 1. The normalized spacial score (nSPS) is 12.3. The molecule has 4 nitrogen and oxygen atoms in total. The second kappa shape index (κ2) is 6.98. The van der Waals surface area contributed by atoms with E-state index in [0.29, 0.717) is 0 Å². The van der Waals surface area contributed by atoms with Gasteiger partial charge in [0.25, 0.3) is 0 Å². The first kappa shape index (κ1) is 15.8. The molecule has 0 aliphatic rings. The van der Waals surface area contributed by atoms with Crippen molar-refractivity contribution >= 4 is 21.6 Å². The van der Waals surface area contributed by atoms with Crippen LogP contribution in [-0.4, -0.2) is 19.2 Å². The summed E-state index contributed by atoms with van der Waals surface area (Å²) in [4.78, 5) is 4.69. The summed E-state index contributed by atoms with van der Waals surface area (Å²) in [6.45, 7) is 3.02. The smallest absolute Gasteiger partial charge is 0.148 e. The number of hydrogen-bond acceptors (Lipinski definition) is 4. The molecule has 1 atom stereocenters. The summed E-state index contributed by atoms with van der Waals surface area (Å²) in [6.07, 6.45) is 0. The molecule has 0 spiro atoms. The molecule has 23 heavy (non-hydrogen) atoms. The van der Waals surface area contributed by atoms with E-state index in [1.807, 2.05) is 24.3 Å². The molecule has 0 saturated carbocycles. The second-order valence-corrected chi connectivity index (χ2v) is 6.53. The van der Waals surface area contributed by atoms with Crippen molar-refractivity contribution in [2.45, 2.75) is 19.5 Å². The Morgan fingerprint density at radius 3 is 2.70 bits per heavy atom. The third kappa shape index (κ3) is 3.46. The van der Waals surface area contributed by atoms with Crippen LogP contribution >= 0.6 is 11.3 Å². The van der Waals surface area contributed by atoms with Crippen molar-refractivity contribution in [3.05, 3.63) is 53.0 Å². The van der Waals surface area contributed by atoms with E-state index >= 15 is 0 Å². The zero-order valence-electron chi connectivity index (χ0n) is 13.6. The van der Waals surface area contributed by atoms with Gasteiger partial charge in [0.15, 0.2) is 0 Å². The fourth-order valence-electron chi connectivity index (χ4n) is 2.61. The SMILES string of the molecule is COc1ccc(OC)c([C@H](C)[NH2+]Cc2nc3ccccc3s2)c1. The predicted octanol–water partition coefficient (Wildman–Crippen LogP) is 3.14. The van der Waals surface area contributed by atoms with E-state index in [9.17, 15) is 0 Å². The third-order valence-electron chi connectivity index (χ3n) is 3.91. The molecule has 120 valence electrons. The molecule has 2 N–H and O–H groups in total. The van der Waals surface area contributed by atoms with E-state index in [-0.39, 0.29) is 6.04 Å². The first-order valence-electron chi connectivity index (χ1n) is 7.61. The number of methoxy groups -OCH3 is 2. The van der Waals surface area contributed by atoms with Crippen molar-refractivity contribution in [3.63, 3.8) is 0 Å². The number of nitrogens with two attached hydrogens (primary N) is 1. The molecule has 0 radical (unpaired) electrons. The Morgan fingerprint density at radius 2 is 1.96 bits per heavy atom. The maximum atomic E-state index is 5.48. The van der Waals surface area contributed by atoms with Crippen LogP contribution in [0.25, 0.3) is 10.2 Å². The monoisotopic (exact) mass is 329 g/mol. The Balaban J connectivity index is 1.74. The van der Waals surface area contributed by atoms with Crippen molar-refractivity contribution < 1.29 is 14.8 Å². The number of nitrogens with zero attached hydrogens (tertiary/aromatic N) is 1. The molecule has 3 aromatic rings. The highest BCUT2D eigenvalue weighted by Crippen LogP contribution is 2.28. The Kier molecular flexibility index (Phi) is 4.79. The quantitative estimate of drug-likeness (QED) is 0.756. The Bertz CT molecular complexity index is 768. The van der Waals surface area contributed by atoms with Crippen LogP contribution in [0, 0.1) is 0 Å². The van der Waals surface area contributed by atoms with Gasteiger partial charge in [-0.05, 0) is 37.3 Å². The maximum absolute atomic E-state index is 5.48. The third-order valence-corrected chi connectivity index (χ3v) is 4.97. The minimum Gasteiger partial charge on any atom is -0.497 e. The highest BCUT2D eigenvalue weighted by Gasteiger charge is 2.16. The van der Waals surface area contributed by atoms with E-state index < -0.39 is 0 Å². The highest BCUT2D eigenvalue weighted by molar-refractivity contribution is 7.18. The largest absolute Gasteiger partial charge is 0.497 e. The van der Waals surface area contributed by atoms with Crippen molar-refractivity contribution in [3.8, 4) is 11.5 Å². The molecular formula is C18H21N2O2S+. The van der Waals surface area contributed by atoms with E-state index in [1.54, 1.807) is 25.6 Å². The zero-order valence-corrected chi connectivity index (χ0v) is 14.4. The highest BCUT2D eigenvalue weighted by atomic mass is 32.1. The van der Waals surface area contributed by atoms with Crippen LogP contribution in [-0.2, 0) is 6.54 Å². The minimum atomic E-state index is 0.257. The van der Waals surface area contributed by atoms with Crippen LogP contribution in [0.1, 0.15) is 23.5 Å². The van der Waals surface area contributed by atoms with Crippen LogP contribution in [0.5, 0.6) is 11.5 Å². The lowest BCUT2D eigenvalue weighted by atomic mass is 10.1. The number of para-hydroxylation sites is 1. The fraction of sp³-hybridized carbons (Fsp3) is 0.278. The fourth-order valence-corrected chi connectivity index (χ4v) is 3.55. The van der Waals surface area contributed by atoms with Gasteiger partial charge in [0.2, 0.25) is 0 Å². The lowest BCUT2D eigenvalue weighted by Gasteiger charge is -2.15. The van der Waals surface area contributed by atoms with Gasteiger partial charge in [-0.3, -0.25) is 0 Å². The summed E-state index contributed by atoms with van der Waals surface area (Å²) in [5.41, 5.74) is 2.21. The van der Waals surface area contributed by atoms with Gasteiger partial charge in [-0.1, -0.05) is 12.1 Å². The van der Waals surface area contributed by atoms with Gasteiger partial charge in [0, 0.05) is 0 Å². The summed E-state index contributed by atoms with van der Waals surface area (Å²) in [5.74, 6) is 1.74. The van der Waals surface area contributed by atoms with Crippen molar-refractivity contribution in [2.24, 2.45) is 0 Å². The van der Waals surface area contributed by atoms with E-state index in [1.165, 1.54) is 4.70 Å². The standard InChI is InChI=1S/C18H20N2O2S/c1-12(14-10-13(21-2)8-9-16(14)22-3)19-11-18-20-15-6-4-5-7-17(15)23-18/h4-10,12,19H,11H2,1-3H3/p+1/t12-/m0/s1. The van der Waals surface area contributed by atoms with E-state index in [0.717, 1.165) is 34.1 Å². The Hall–Kier alpha value is -2.11. The van der Waals surface area contributed by atoms with Crippen LogP contribution in [0.15, 0.2) is 42.5 Å². The summed E-state index contributed by atoms with van der Waals surface area (Å²) in [7, 11) is 3.38. The molecule has 1 aromatic heterocycles. The second-order valence-electron chi connectivity index (χ2n) is 5.41. The Morgan fingerprint density at radius 1 is 1.13 bits per heavy atom. The summed E-state index contributed by atoms with van der Waals surface area (Å²) in [5, 5.41) is 3.41. The molecule has 0 aliphatic carbocycles. The van der Waals surface area contributed by atoms with Gasteiger partial charge in [-0.2, -0.15) is 0 Å². The maximum Gasteiger partial charge on any atom is 0.148 e. The van der Waals surface area contributed by atoms with Gasteiger partial charge < -0.3 is 14.8 Å². The van der Waals surface area contributed by atoms with E-state index in [2.05, 4.69) is 35.4 Å². The number of thiazole rings is 1. The molecule has 5 heteroatoms. The van der Waals surface area contributed by atoms with Gasteiger partial charge in [0.1, 0.15) is 29.1 Å². The number of ether oxygens (including phenoxy) is 2. The number of rotatable bonds is 6. The van der Waals surface area contributed by atoms with E-state index in [4.69, 9.17) is 9.47 Å². The number of benzene rings is 2. The topological polar surface area (TPSA) is 48.0 Å².